The summed E-state index contributed by atoms with van der Waals surface area (Å²) in [5.74, 6) is 0. The molecule has 1 fully saturated rings. The van der Waals surface area contributed by atoms with E-state index in [4.69, 9.17) is 0 Å². The van der Waals surface area contributed by atoms with Gasteiger partial charge in [0.25, 0.3) is 0 Å². The van der Waals surface area contributed by atoms with Gasteiger partial charge in [-0.15, -0.1) is 11.3 Å². The van der Waals surface area contributed by atoms with E-state index in [-0.39, 0.29) is 17.4 Å². The van der Waals surface area contributed by atoms with Crippen LogP contribution in [0.1, 0.15) is 44.3 Å². The number of hydrogen-bond acceptors (Lipinski definition) is 3. The summed E-state index contributed by atoms with van der Waals surface area (Å²) >= 11 is 1.72. The minimum absolute atomic E-state index is 0.0278. The van der Waals surface area contributed by atoms with Crippen molar-refractivity contribution in [1.82, 2.24) is 4.98 Å². The van der Waals surface area contributed by atoms with Gasteiger partial charge in [-0.1, -0.05) is 20.8 Å². The van der Waals surface area contributed by atoms with Crippen molar-refractivity contribution in [1.29, 1.82) is 0 Å². The zero-order valence-electron chi connectivity index (χ0n) is 9.00. The van der Waals surface area contributed by atoms with Crippen molar-refractivity contribution in [3.05, 3.63) is 16.1 Å². The van der Waals surface area contributed by atoms with Crippen LogP contribution in [0.15, 0.2) is 5.38 Å². The molecule has 1 aromatic heterocycles. The van der Waals surface area contributed by atoms with Crippen LogP contribution in [0.5, 0.6) is 0 Å². The Morgan fingerprint density at radius 2 is 2.14 bits per heavy atom. The molecular weight excluding hydrogens is 194 g/mol. The molecule has 0 saturated heterocycles. The van der Waals surface area contributed by atoms with Gasteiger partial charge in [-0.3, -0.25) is 0 Å². The van der Waals surface area contributed by atoms with Crippen molar-refractivity contribution in [2.45, 2.75) is 44.4 Å². The average molecular weight is 211 g/mol. The second-order valence-electron chi connectivity index (χ2n) is 5.23. The highest BCUT2D eigenvalue weighted by Crippen LogP contribution is 2.48. The van der Waals surface area contributed by atoms with Crippen LogP contribution in [-0.4, -0.2) is 16.7 Å². The summed E-state index contributed by atoms with van der Waals surface area (Å²) in [6.45, 7) is 6.77. The first-order valence-corrected chi connectivity index (χ1v) is 5.93. The smallest absolute Gasteiger partial charge is 0.0982 e. The van der Waals surface area contributed by atoms with Gasteiger partial charge < -0.3 is 5.11 Å². The Kier molecular flexibility index (Phi) is 2.20. The standard InChI is InChI=1S/C11H17NOS/c1-10(2,3)9-12-8(6-14-9)11(7-13)4-5-11/h6,13H,4-5,7H2,1-3H3. The Balaban J connectivity index is 2.27. The second-order valence-corrected chi connectivity index (χ2v) is 6.08. The van der Waals surface area contributed by atoms with Crippen LogP contribution < -0.4 is 0 Å². The molecule has 0 radical (unpaired) electrons. The van der Waals surface area contributed by atoms with E-state index in [1.165, 1.54) is 5.01 Å². The van der Waals surface area contributed by atoms with Gasteiger partial charge in [0.1, 0.15) is 0 Å². The highest BCUT2D eigenvalue weighted by atomic mass is 32.1. The number of rotatable bonds is 2. The molecule has 2 rings (SSSR count). The van der Waals surface area contributed by atoms with E-state index in [1.54, 1.807) is 11.3 Å². The van der Waals surface area contributed by atoms with Crippen LogP contribution in [0.2, 0.25) is 0 Å². The van der Waals surface area contributed by atoms with Crippen molar-refractivity contribution >= 4 is 11.3 Å². The van der Waals surface area contributed by atoms with Gasteiger partial charge in [-0.05, 0) is 12.8 Å². The van der Waals surface area contributed by atoms with E-state index < -0.39 is 0 Å². The number of aromatic nitrogens is 1. The fraction of sp³-hybridized carbons (Fsp3) is 0.727. The van der Waals surface area contributed by atoms with Gasteiger partial charge in [0.05, 0.1) is 17.3 Å². The molecule has 0 atom stereocenters. The van der Waals surface area contributed by atoms with E-state index in [9.17, 15) is 5.11 Å². The largest absolute Gasteiger partial charge is 0.395 e. The summed E-state index contributed by atoms with van der Waals surface area (Å²) in [7, 11) is 0. The Morgan fingerprint density at radius 3 is 2.50 bits per heavy atom. The van der Waals surface area contributed by atoms with Gasteiger partial charge in [0.15, 0.2) is 0 Å². The van der Waals surface area contributed by atoms with Crippen molar-refractivity contribution in [3.8, 4) is 0 Å². The summed E-state index contributed by atoms with van der Waals surface area (Å²) in [6, 6.07) is 0. The van der Waals surface area contributed by atoms with Crippen molar-refractivity contribution in [2.24, 2.45) is 0 Å². The maximum absolute atomic E-state index is 9.29. The molecule has 0 aromatic carbocycles. The molecule has 1 saturated carbocycles. The third-order valence-electron chi connectivity index (χ3n) is 2.85. The summed E-state index contributed by atoms with van der Waals surface area (Å²) in [5, 5.41) is 12.6. The number of aliphatic hydroxyl groups is 1. The highest BCUT2D eigenvalue weighted by Gasteiger charge is 2.46. The fourth-order valence-corrected chi connectivity index (χ4v) is 2.54. The lowest BCUT2D eigenvalue weighted by atomic mass is 9.98. The van der Waals surface area contributed by atoms with Crippen LogP contribution in [-0.2, 0) is 10.8 Å². The van der Waals surface area contributed by atoms with Crippen LogP contribution in [0.25, 0.3) is 0 Å². The van der Waals surface area contributed by atoms with Crippen molar-refractivity contribution in [3.63, 3.8) is 0 Å². The van der Waals surface area contributed by atoms with Crippen LogP contribution in [0.4, 0.5) is 0 Å². The molecule has 1 N–H and O–H groups in total. The fourth-order valence-electron chi connectivity index (χ4n) is 1.51. The van der Waals surface area contributed by atoms with Crippen LogP contribution in [0.3, 0.4) is 0 Å². The van der Waals surface area contributed by atoms with Crippen LogP contribution in [0, 0.1) is 0 Å². The zero-order chi connectivity index (χ0) is 10.4. The molecule has 78 valence electrons. The lowest BCUT2D eigenvalue weighted by Gasteiger charge is -2.14. The molecule has 0 unspecified atom stereocenters. The van der Waals surface area contributed by atoms with Gasteiger partial charge >= 0.3 is 0 Å². The van der Waals surface area contributed by atoms with Crippen molar-refractivity contribution in [2.75, 3.05) is 6.61 Å². The van der Waals surface area contributed by atoms with Crippen LogP contribution >= 0.6 is 11.3 Å². The van der Waals surface area contributed by atoms with E-state index in [0.717, 1.165) is 18.5 Å². The monoisotopic (exact) mass is 211 g/mol. The topological polar surface area (TPSA) is 33.1 Å². The first-order chi connectivity index (χ1) is 6.48. The van der Waals surface area contributed by atoms with E-state index in [0.29, 0.717) is 0 Å². The van der Waals surface area contributed by atoms with E-state index in [2.05, 4.69) is 31.1 Å². The Hall–Kier alpha value is -0.410. The van der Waals surface area contributed by atoms with E-state index in [1.807, 2.05) is 0 Å². The maximum atomic E-state index is 9.29. The number of aliphatic hydroxyl groups excluding tert-OH is 1. The third kappa shape index (κ3) is 1.59. The molecule has 2 nitrogen and oxygen atoms in total. The highest BCUT2D eigenvalue weighted by molar-refractivity contribution is 7.09. The predicted octanol–water partition coefficient (Wildman–Crippen LogP) is 2.46. The SMILES string of the molecule is CC(C)(C)c1nc(C2(CO)CC2)cs1. The molecule has 3 heteroatoms. The first-order valence-electron chi connectivity index (χ1n) is 5.05. The molecule has 0 bridgehead atoms. The summed E-state index contributed by atoms with van der Waals surface area (Å²) in [6.07, 6.45) is 2.19. The molecule has 1 aliphatic carbocycles. The second kappa shape index (κ2) is 3.04. The normalized spacial score (nSPS) is 19.7. The number of hydrogen-bond donors (Lipinski definition) is 1. The van der Waals surface area contributed by atoms with Gasteiger partial charge in [-0.25, -0.2) is 4.98 Å². The number of thiazole rings is 1. The molecule has 1 heterocycles. The van der Waals surface area contributed by atoms with E-state index >= 15 is 0 Å². The van der Waals surface area contributed by atoms with Crippen molar-refractivity contribution < 1.29 is 5.11 Å². The minimum atomic E-state index is 0.0278. The maximum Gasteiger partial charge on any atom is 0.0982 e. The molecule has 14 heavy (non-hydrogen) atoms. The summed E-state index contributed by atoms with van der Waals surface area (Å²) in [5.41, 5.74) is 1.27. The molecule has 0 amide bonds. The molecule has 1 aliphatic rings. The lowest BCUT2D eigenvalue weighted by molar-refractivity contribution is 0.252. The summed E-state index contributed by atoms with van der Waals surface area (Å²) < 4.78 is 0. The average Bonchev–Trinajstić information content (AvgIpc) is 2.73. The molecule has 1 aromatic rings. The van der Waals surface area contributed by atoms with Gasteiger partial charge in [-0.2, -0.15) is 0 Å². The number of nitrogens with zero attached hydrogens (tertiary/aromatic N) is 1. The lowest BCUT2D eigenvalue weighted by Crippen LogP contribution is -2.15. The Bertz CT molecular complexity index is 333. The molecular formula is C11H17NOS. The van der Waals surface area contributed by atoms with Gasteiger partial charge in [0, 0.05) is 16.2 Å². The zero-order valence-corrected chi connectivity index (χ0v) is 9.82. The van der Waals surface area contributed by atoms with Gasteiger partial charge in [0.2, 0.25) is 0 Å². The molecule has 0 aliphatic heterocycles. The summed E-state index contributed by atoms with van der Waals surface area (Å²) in [4.78, 5) is 4.65. The molecule has 0 spiro atoms. The Morgan fingerprint density at radius 1 is 1.50 bits per heavy atom. The quantitative estimate of drug-likeness (QED) is 0.815. The third-order valence-corrected chi connectivity index (χ3v) is 4.11. The Labute approximate surface area is 89.0 Å². The predicted molar refractivity (Wildman–Crippen MR) is 58.8 cm³/mol. The first kappa shape index (κ1) is 10.1. The minimum Gasteiger partial charge on any atom is -0.395 e.